The zero-order valence-electron chi connectivity index (χ0n) is 18.3. The van der Waals surface area contributed by atoms with Gasteiger partial charge in [0, 0.05) is 24.6 Å². The molecule has 170 valence electrons. The maximum absolute atomic E-state index is 13.7. The summed E-state index contributed by atoms with van der Waals surface area (Å²) in [5.74, 6) is -1.33. The van der Waals surface area contributed by atoms with Crippen molar-refractivity contribution in [3.8, 4) is 0 Å². The molecule has 0 bridgehead atoms. The molecule has 1 atom stereocenters. The number of hydrogen-bond acceptors (Lipinski definition) is 7. The van der Waals surface area contributed by atoms with Crippen LogP contribution in [0, 0.1) is 0 Å². The van der Waals surface area contributed by atoms with Gasteiger partial charge < -0.3 is 19.7 Å². The Morgan fingerprint density at radius 2 is 2.03 bits per heavy atom. The van der Waals surface area contributed by atoms with Crippen LogP contribution in [0.4, 0.5) is 5.13 Å². The van der Waals surface area contributed by atoms with Crippen molar-refractivity contribution in [2.75, 3.05) is 32.2 Å². The van der Waals surface area contributed by atoms with E-state index in [0.717, 1.165) is 31.2 Å². The second-order valence-electron chi connectivity index (χ2n) is 8.03. The molecule has 1 aromatic carbocycles. The Morgan fingerprint density at radius 1 is 1.28 bits per heavy atom. The highest BCUT2D eigenvalue weighted by molar-refractivity contribution is 7.14. The monoisotopic (exact) mass is 457 g/mol. The minimum Gasteiger partial charge on any atom is -0.461 e. The van der Waals surface area contributed by atoms with Crippen LogP contribution in [-0.4, -0.2) is 60.1 Å². The summed E-state index contributed by atoms with van der Waals surface area (Å²) in [6.45, 7) is 2.81. The van der Waals surface area contributed by atoms with E-state index < -0.39 is 17.4 Å². The standard InChI is InChI=1S/C23H27N3O5S/c1-3-31-21(29)17-14-32-22(24-17)25-19(27)18-15-8-4-5-9-16(15)20(28)26(12-13-30-2)23(18)10-6-7-11-23/h4-5,8-9,14,18H,3,6-7,10-13H2,1-2H3,(H,24,25,27). The lowest BCUT2D eigenvalue weighted by atomic mass is 9.71. The minimum atomic E-state index is -0.602. The van der Waals surface area contributed by atoms with Gasteiger partial charge in [-0.15, -0.1) is 11.3 Å². The molecule has 4 rings (SSSR count). The van der Waals surface area contributed by atoms with E-state index in [9.17, 15) is 14.4 Å². The fourth-order valence-corrected chi connectivity index (χ4v) is 5.66. The number of esters is 1. The molecular weight excluding hydrogens is 430 g/mol. The highest BCUT2D eigenvalue weighted by Crippen LogP contribution is 2.50. The molecule has 9 heteroatoms. The van der Waals surface area contributed by atoms with Gasteiger partial charge >= 0.3 is 5.97 Å². The number of carbonyl (C=O) groups excluding carboxylic acids is 3. The Morgan fingerprint density at radius 3 is 2.75 bits per heavy atom. The third kappa shape index (κ3) is 3.91. The maximum atomic E-state index is 13.7. The topological polar surface area (TPSA) is 97.8 Å². The molecule has 1 saturated carbocycles. The van der Waals surface area contributed by atoms with E-state index in [2.05, 4.69) is 10.3 Å². The number of methoxy groups -OCH3 is 1. The second-order valence-corrected chi connectivity index (χ2v) is 8.89. The zero-order valence-corrected chi connectivity index (χ0v) is 19.1. The van der Waals surface area contributed by atoms with E-state index in [1.54, 1.807) is 25.5 Å². The van der Waals surface area contributed by atoms with Gasteiger partial charge in [0.15, 0.2) is 10.8 Å². The van der Waals surface area contributed by atoms with Crippen molar-refractivity contribution in [1.29, 1.82) is 0 Å². The van der Waals surface area contributed by atoms with Gasteiger partial charge in [0.05, 0.1) is 24.7 Å². The Labute approximate surface area is 190 Å². The van der Waals surface area contributed by atoms with Gasteiger partial charge in [-0.25, -0.2) is 9.78 Å². The molecule has 2 aliphatic rings. The van der Waals surface area contributed by atoms with Gasteiger partial charge in [0.1, 0.15) is 0 Å². The molecule has 8 nitrogen and oxygen atoms in total. The summed E-state index contributed by atoms with van der Waals surface area (Å²) in [5, 5.41) is 4.81. The lowest BCUT2D eigenvalue weighted by molar-refractivity contribution is -0.121. The molecule has 1 fully saturated rings. The van der Waals surface area contributed by atoms with Gasteiger partial charge in [0.25, 0.3) is 5.91 Å². The highest BCUT2D eigenvalue weighted by atomic mass is 32.1. The van der Waals surface area contributed by atoms with Crippen LogP contribution in [-0.2, 0) is 14.3 Å². The number of rotatable bonds is 7. The number of carbonyl (C=O) groups is 3. The van der Waals surface area contributed by atoms with Crippen LogP contribution in [0.15, 0.2) is 29.6 Å². The van der Waals surface area contributed by atoms with Crippen LogP contribution in [0.1, 0.15) is 64.9 Å². The molecule has 2 amide bonds. The molecule has 1 spiro atoms. The molecule has 1 aliphatic carbocycles. The van der Waals surface area contributed by atoms with Crippen molar-refractivity contribution in [2.24, 2.45) is 0 Å². The van der Waals surface area contributed by atoms with E-state index in [0.29, 0.717) is 23.8 Å². The van der Waals surface area contributed by atoms with E-state index in [1.165, 1.54) is 11.3 Å². The molecule has 1 unspecified atom stereocenters. The number of nitrogens with zero attached hydrogens (tertiary/aromatic N) is 2. The van der Waals surface area contributed by atoms with E-state index in [1.807, 2.05) is 23.1 Å². The number of nitrogens with one attached hydrogen (secondary N) is 1. The molecule has 1 aromatic heterocycles. The summed E-state index contributed by atoms with van der Waals surface area (Å²) in [7, 11) is 1.61. The molecule has 2 heterocycles. The predicted molar refractivity (Wildman–Crippen MR) is 120 cm³/mol. The van der Waals surface area contributed by atoms with Crippen molar-refractivity contribution in [3.05, 3.63) is 46.5 Å². The van der Waals surface area contributed by atoms with Crippen molar-refractivity contribution in [2.45, 2.75) is 44.1 Å². The minimum absolute atomic E-state index is 0.0533. The summed E-state index contributed by atoms with van der Waals surface area (Å²) in [4.78, 5) is 45.1. The number of anilines is 1. The van der Waals surface area contributed by atoms with Gasteiger partial charge in [-0.1, -0.05) is 31.0 Å². The third-order valence-corrected chi connectivity index (χ3v) is 7.05. The number of hydrogen-bond donors (Lipinski definition) is 1. The Bertz CT molecular complexity index is 1010. The van der Waals surface area contributed by atoms with Crippen LogP contribution in [0.5, 0.6) is 0 Å². The summed E-state index contributed by atoms with van der Waals surface area (Å²) in [6.07, 6.45) is 3.40. The average molecular weight is 458 g/mol. The quantitative estimate of drug-likeness (QED) is 0.640. The Hall–Kier alpha value is -2.78. The SMILES string of the molecule is CCOC(=O)c1csc(NC(=O)C2c3ccccc3C(=O)N(CCOC)C23CCCC3)n1. The van der Waals surface area contributed by atoms with Crippen LogP contribution >= 0.6 is 11.3 Å². The largest absolute Gasteiger partial charge is 0.461 e. The van der Waals surface area contributed by atoms with Crippen molar-refractivity contribution >= 4 is 34.3 Å². The number of aromatic nitrogens is 1. The molecule has 0 radical (unpaired) electrons. The van der Waals surface area contributed by atoms with Crippen LogP contribution in [0.3, 0.4) is 0 Å². The first-order valence-corrected chi connectivity index (χ1v) is 11.7. The van der Waals surface area contributed by atoms with E-state index >= 15 is 0 Å². The summed E-state index contributed by atoms with van der Waals surface area (Å²) >= 11 is 1.18. The normalized spacial score (nSPS) is 19.1. The maximum Gasteiger partial charge on any atom is 0.357 e. The number of thiazole rings is 1. The zero-order chi connectivity index (χ0) is 22.7. The van der Waals surface area contributed by atoms with Gasteiger partial charge in [0.2, 0.25) is 5.91 Å². The first-order valence-electron chi connectivity index (χ1n) is 10.8. The molecule has 1 aliphatic heterocycles. The summed E-state index contributed by atoms with van der Waals surface area (Å²) in [6, 6.07) is 7.33. The first kappa shape index (κ1) is 22.4. The summed E-state index contributed by atoms with van der Waals surface area (Å²) < 4.78 is 10.3. The van der Waals surface area contributed by atoms with Gasteiger partial charge in [-0.3, -0.25) is 9.59 Å². The molecule has 2 aromatic rings. The van der Waals surface area contributed by atoms with E-state index in [-0.39, 0.29) is 24.1 Å². The fraction of sp³-hybridized carbons (Fsp3) is 0.478. The van der Waals surface area contributed by atoms with Gasteiger partial charge in [-0.05, 0) is 31.4 Å². The van der Waals surface area contributed by atoms with Crippen molar-refractivity contribution < 1.29 is 23.9 Å². The Balaban J connectivity index is 1.70. The smallest absolute Gasteiger partial charge is 0.357 e. The molecule has 1 N–H and O–H groups in total. The third-order valence-electron chi connectivity index (χ3n) is 6.29. The molecular formula is C23H27N3O5S. The van der Waals surface area contributed by atoms with Crippen LogP contribution < -0.4 is 5.32 Å². The number of ether oxygens (including phenoxy) is 2. The number of fused-ring (bicyclic) bond motifs is 1. The van der Waals surface area contributed by atoms with Crippen LogP contribution in [0.25, 0.3) is 0 Å². The number of benzene rings is 1. The second kappa shape index (κ2) is 9.38. The number of amides is 2. The summed E-state index contributed by atoms with van der Waals surface area (Å²) in [5.41, 5.74) is 0.860. The lowest BCUT2D eigenvalue weighted by Crippen LogP contribution is -2.60. The highest BCUT2D eigenvalue weighted by Gasteiger charge is 2.55. The fourth-order valence-electron chi connectivity index (χ4n) is 4.98. The molecule has 0 saturated heterocycles. The van der Waals surface area contributed by atoms with E-state index in [4.69, 9.17) is 9.47 Å². The first-order chi connectivity index (χ1) is 15.5. The van der Waals surface area contributed by atoms with Crippen LogP contribution in [0.2, 0.25) is 0 Å². The lowest BCUT2D eigenvalue weighted by Gasteiger charge is -2.50. The van der Waals surface area contributed by atoms with Gasteiger partial charge in [-0.2, -0.15) is 0 Å². The Kier molecular flexibility index (Phi) is 6.57. The average Bonchev–Trinajstić information content (AvgIpc) is 3.45. The predicted octanol–water partition coefficient (Wildman–Crippen LogP) is 3.46. The molecule has 32 heavy (non-hydrogen) atoms. The van der Waals surface area contributed by atoms with Crippen molar-refractivity contribution in [1.82, 2.24) is 9.88 Å². The van der Waals surface area contributed by atoms with Crippen molar-refractivity contribution in [3.63, 3.8) is 0 Å².